The molecule has 1 heterocycles. The van der Waals surface area contributed by atoms with E-state index in [1.54, 1.807) is 19.1 Å². The number of ether oxygens (including phenoxy) is 1. The van der Waals surface area contributed by atoms with Crippen LogP contribution < -0.4 is 5.63 Å². The van der Waals surface area contributed by atoms with Gasteiger partial charge in [0.25, 0.3) is 0 Å². The molecule has 0 aliphatic heterocycles. The molecule has 0 unspecified atom stereocenters. The predicted molar refractivity (Wildman–Crippen MR) is 93.9 cm³/mol. The number of carbonyl (C=O) groups is 1. The number of phenolic OH excluding ortho intramolecular Hbond substituents is 1. The molecule has 25 heavy (non-hydrogen) atoms. The maximum atomic E-state index is 12.4. The maximum Gasteiger partial charge on any atom is 0.338 e. The SMILES string of the molecule is Cc1ccc(C)c(C(=O)OCc2cc(=O)oc3c(C)c(O)ccc23)c1. The quantitative estimate of drug-likeness (QED) is 0.581. The topological polar surface area (TPSA) is 76.7 Å². The molecule has 1 N–H and O–H groups in total. The van der Waals surface area contributed by atoms with Gasteiger partial charge in [-0.2, -0.15) is 0 Å². The van der Waals surface area contributed by atoms with Crippen molar-refractivity contribution in [3.63, 3.8) is 0 Å². The smallest absolute Gasteiger partial charge is 0.338 e. The molecule has 0 amide bonds. The van der Waals surface area contributed by atoms with E-state index in [0.29, 0.717) is 27.7 Å². The van der Waals surface area contributed by atoms with E-state index in [4.69, 9.17) is 9.15 Å². The number of hydrogen-bond acceptors (Lipinski definition) is 5. The first kappa shape index (κ1) is 16.8. The summed E-state index contributed by atoms with van der Waals surface area (Å²) < 4.78 is 10.6. The van der Waals surface area contributed by atoms with Gasteiger partial charge >= 0.3 is 11.6 Å². The fourth-order valence-electron chi connectivity index (χ4n) is 2.71. The number of rotatable bonds is 3. The summed E-state index contributed by atoms with van der Waals surface area (Å²) in [5.74, 6) is -0.404. The minimum absolute atomic E-state index is 0.0418. The summed E-state index contributed by atoms with van der Waals surface area (Å²) in [5, 5.41) is 10.4. The summed E-state index contributed by atoms with van der Waals surface area (Å²) in [4.78, 5) is 24.2. The van der Waals surface area contributed by atoms with E-state index in [0.717, 1.165) is 11.1 Å². The molecule has 0 atom stereocenters. The van der Waals surface area contributed by atoms with Gasteiger partial charge < -0.3 is 14.3 Å². The Morgan fingerprint density at radius 3 is 2.64 bits per heavy atom. The average molecular weight is 338 g/mol. The third kappa shape index (κ3) is 3.26. The highest BCUT2D eigenvalue weighted by Gasteiger charge is 2.14. The van der Waals surface area contributed by atoms with Gasteiger partial charge in [-0.05, 0) is 44.5 Å². The van der Waals surface area contributed by atoms with Crippen LogP contribution in [0.3, 0.4) is 0 Å². The normalized spacial score (nSPS) is 10.8. The molecule has 0 aliphatic rings. The number of hydrogen-bond donors (Lipinski definition) is 1. The summed E-state index contributed by atoms with van der Waals surface area (Å²) >= 11 is 0. The van der Waals surface area contributed by atoms with Crippen molar-refractivity contribution >= 4 is 16.9 Å². The summed E-state index contributed by atoms with van der Waals surface area (Å²) in [7, 11) is 0. The first-order valence-electron chi connectivity index (χ1n) is 7.86. The van der Waals surface area contributed by atoms with Crippen molar-refractivity contribution in [3.05, 3.63) is 74.6 Å². The number of benzene rings is 2. The van der Waals surface area contributed by atoms with Crippen LogP contribution in [0.2, 0.25) is 0 Å². The van der Waals surface area contributed by atoms with Gasteiger partial charge in [-0.15, -0.1) is 0 Å². The number of carbonyl (C=O) groups excluding carboxylic acids is 1. The highest BCUT2D eigenvalue weighted by molar-refractivity contribution is 5.91. The number of esters is 1. The van der Waals surface area contributed by atoms with Gasteiger partial charge in [-0.1, -0.05) is 17.7 Å². The van der Waals surface area contributed by atoms with Gasteiger partial charge in [0, 0.05) is 22.6 Å². The zero-order chi connectivity index (χ0) is 18.1. The fourth-order valence-corrected chi connectivity index (χ4v) is 2.71. The van der Waals surface area contributed by atoms with Crippen LogP contribution in [0, 0.1) is 20.8 Å². The molecule has 0 aliphatic carbocycles. The first-order valence-corrected chi connectivity index (χ1v) is 7.86. The molecular weight excluding hydrogens is 320 g/mol. The van der Waals surface area contributed by atoms with E-state index < -0.39 is 11.6 Å². The second-order valence-corrected chi connectivity index (χ2v) is 6.07. The first-order chi connectivity index (χ1) is 11.9. The van der Waals surface area contributed by atoms with Crippen molar-refractivity contribution in [3.8, 4) is 5.75 Å². The number of fused-ring (bicyclic) bond motifs is 1. The highest BCUT2D eigenvalue weighted by Crippen LogP contribution is 2.27. The van der Waals surface area contributed by atoms with Gasteiger partial charge in [0.1, 0.15) is 17.9 Å². The van der Waals surface area contributed by atoms with E-state index in [9.17, 15) is 14.7 Å². The molecular formula is C20H18O5. The Balaban J connectivity index is 1.93. The van der Waals surface area contributed by atoms with E-state index in [2.05, 4.69) is 0 Å². The van der Waals surface area contributed by atoms with Crippen molar-refractivity contribution < 1.29 is 19.1 Å². The Labute approximate surface area is 144 Å². The van der Waals surface area contributed by atoms with Gasteiger partial charge in [0.15, 0.2) is 0 Å². The van der Waals surface area contributed by atoms with E-state index >= 15 is 0 Å². The second-order valence-electron chi connectivity index (χ2n) is 6.07. The second kappa shape index (κ2) is 6.43. The minimum Gasteiger partial charge on any atom is -0.508 e. The largest absolute Gasteiger partial charge is 0.508 e. The van der Waals surface area contributed by atoms with E-state index in [1.807, 2.05) is 26.0 Å². The Morgan fingerprint density at radius 2 is 1.88 bits per heavy atom. The average Bonchev–Trinajstić information content (AvgIpc) is 2.58. The Bertz CT molecular complexity index is 1030. The van der Waals surface area contributed by atoms with Crippen LogP contribution in [-0.4, -0.2) is 11.1 Å². The van der Waals surface area contributed by atoms with Crippen LogP contribution in [-0.2, 0) is 11.3 Å². The summed E-state index contributed by atoms with van der Waals surface area (Å²) in [6.07, 6.45) is 0. The molecule has 2 aromatic carbocycles. The molecule has 0 radical (unpaired) electrons. The molecule has 0 saturated carbocycles. The minimum atomic E-state index is -0.556. The lowest BCUT2D eigenvalue weighted by Crippen LogP contribution is -2.09. The van der Waals surface area contributed by atoms with E-state index in [-0.39, 0.29) is 12.4 Å². The molecule has 128 valence electrons. The number of aromatic hydroxyl groups is 1. The highest BCUT2D eigenvalue weighted by atomic mass is 16.5. The monoisotopic (exact) mass is 338 g/mol. The molecule has 0 bridgehead atoms. The molecule has 1 aromatic heterocycles. The Hall–Kier alpha value is -3.08. The summed E-state index contributed by atoms with van der Waals surface area (Å²) in [6.45, 7) is 5.35. The van der Waals surface area contributed by atoms with Crippen LogP contribution in [0.1, 0.15) is 32.6 Å². The van der Waals surface area contributed by atoms with Gasteiger partial charge in [0.05, 0.1) is 5.56 Å². The van der Waals surface area contributed by atoms with Crippen LogP contribution in [0.15, 0.2) is 45.6 Å². The van der Waals surface area contributed by atoms with Crippen LogP contribution in [0.25, 0.3) is 11.0 Å². The molecule has 0 fully saturated rings. The number of phenols is 1. The van der Waals surface area contributed by atoms with E-state index in [1.165, 1.54) is 12.1 Å². The lowest BCUT2D eigenvalue weighted by atomic mass is 10.1. The summed E-state index contributed by atoms with van der Waals surface area (Å²) in [6, 6.07) is 10.0. The van der Waals surface area contributed by atoms with Crippen molar-refractivity contribution in [1.29, 1.82) is 0 Å². The molecule has 0 saturated heterocycles. The number of aryl methyl sites for hydroxylation is 3. The third-order valence-electron chi connectivity index (χ3n) is 4.19. The molecule has 0 spiro atoms. The lowest BCUT2D eigenvalue weighted by molar-refractivity contribution is 0.0473. The lowest BCUT2D eigenvalue weighted by Gasteiger charge is -2.10. The van der Waals surface area contributed by atoms with Gasteiger partial charge in [0.2, 0.25) is 0 Å². The summed E-state index contributed by atoms with van der Waals surface area (Å²) in [5.41, 5.74) is 3.04. The predicted octanol–water partition coefficient (Wildman–Crippen LogP) is 3.78. The van der Waals surface area contributed by atoms with Crippen molar-refractivity contribution in [2.75, 3.05) is 0 Å². The van der Waals surface area contributed by atoms with Crippen molar-refractivity contribution in [2.24, 2.45) is 0 Å². The van der Waals surface area contributed by atoms with Crippen molar-refractivity contribution in [2.45, 2.75) is 27.4 Å². The van der Waals surface area contributed by atoms with Gasteiger partial charge in [-0.3, -0.25) is 0 Å². The molecule has 3 aromatic rings. The zero-order valence-corrected chi connectivity index (χ0v) is 14.3. The van der Waals surface area contributed by atoms with Crippen LogP contribution >= 0.6 is 0 Å². The Morgan fingerprint density at radius 1 is 1.12 bits per heavy atom. The third-order valence-corrected chi connectivity index (χ3v) is 4.19. The standard InChI is InChI=1S/C20H18O5/c1-11-4-5-12(2)16(8-11)20(23)24-10-14-9-18(22)25-19-13(3)17(21)7-6-15(14)19/h4-9,21H,10H2,1-3H3. The molecule has 3 rings (SSSR count). The molecule has 5 nitrogen and oxygen atoms in total. The maximum absolute atomic E-state index is 12.4. The Kier molecular flexibility index (Phi) is 4.31. The van der Waals surface area contributed by atoms with Crippen molar-refractivity contribution in [1.82, 2.24) is 0 Å². The van der Waals surface area contributed by atoms with Crippen LogP contribution in [0.4, 0.5) is 0 Å². The van der Waals surface area contributed by atoms with Crippen LogP contribution in [0.5, 0.6) is 5.75 Å². The molecule has 5 heteroatoms. The fraction of sp³-hybridized carbons (Fsp3) is 0.200. The van der Waals surface area contributed by atoms with Gasteiger partial charge in [-0.25, -0.2) is 9.59 Å². The zero-order valence-electron chi connectivity index (χ0n) is 14.3.